The topological polar surface area (TPSA) is 114 Å². The molecule has 0 spiro atoms. The summed E-state index contributed by atoms with van der Waals surface area (Å²) in [6.45, 7) is 13.3. The molecule has 2 saturated heterocycles. The zero-order chi connectivity index (χ0) is 33.2. The van der Waals surface area contributed by atoms with Crippen LogP contribution in [0.25, 0.3) is 16.6 Å². The molecule has 244 valence electrons. The fourth-order valence-electron chi connectivity index (χ4n) is 6.38. The molecular formula is C32H38F3N9O2. The van der Waals surface area contributed by atoms with E-state index in [0.717, 1.165) is 30.6 Å². The Morgan fingerprint density at radius 2 is 1.85 bits per heavy atom. The summed E-state index contributed by atoms with van der Waals surface area (Å²) in [5.41, 5.74) is -2.23. The van der Waals surface area contributed by atoms with E-state index in [1.807, 2.05) is 9.80 Å². The average Bonchev–Trinajstić information content (AvgIpc) is 2.99. The van der Waals surface area contributed by atoms with E-state index in [1.54, 1.807) is 4.90 Å². The van der Waals surface area contributed by atoms with Gasteiger partial charge in [0.2, 0.25) is 11.9 Å². The number of benzene rings is 1. The fraction of sp³-hybridized carbons (Fsp3) is 0.500. The van der Waals surface area contributed by atoms with Crippen molar-refractivity contribution in [3.8, 4) is 11.8 Å². The Hall–Kier alpha value is -4.51. The van der Waals surface area contributed by atoms with Crippen molar-refractivity contribution in [1.29, 1.82) is 5.26 Å². The normalized spacial score (nSPS) is 17.3. The van der Waals surface area contributed by atoms with Crippen molar-refractivity contribution in [3.63, 3.8) is 0 Å². The van der Waals surface area contributed by atoms with Gasteiger partial charge in [-0.1, -0.05) is 32.6 Å². The van der Waals surface area contributed by atoms with Crippen molar-refractivity contribution in [2.45, 2.75) is 58.3 Å². The third-order valence-corrected chi connectivity index (χ3v) is 8.62. The Labute approximate surface area is 265 Å². The number of hydrogen-bond acceptors (Lipinski definition) is 9. The molecule has 1 atom stereocenters. The first-order chi connectivity index (χ1) is 22.0. The number of halogens is 3. The minimum Gasteiger partial charge on any atom is -0.352 e. The third-order valence-electron chi connectivity index (χ3n) is 8.62. The number of hydrogen-bond donors (Lipinski definition) is 0. The molecule has 0 saturated carbocycles. The minimum absolute atomic E-state index is 0.0336. The van der Waals surface area contributed by atoms with Crippen LogP contribution in [0.15, 0.2) is 41.8 Å². The average molecular weight is 638 g/mol. The van der Waals surface area contributed by atoms with Gasteiger partial charge in [-0.25, -0.2) is 4.98 Å². The fourth-order valence-corrected chi connectivity index (χ4v) is 6.38. The van der Waals surface area contributed by atoms with E-state index >= 15 is 0 Å². The maximum Gasteiger partial charge on any atom is 0.418 e. The number of amides is 1. The molecular weight excluding hydrogens is 599 g/mol. The van der Waals surface area contributed by atoms with Crippen molar-refractivity contribution >= 4 is 28.6 Å². The molecule has 2 aliphatic rings. The molecule has 3 aromatic rings. The first kappa shape index (κ1) is 32.9. The predicted octanol–water partition coefficient (Wildman–Crippen LogP) is 3.93. The van der Waals surface area contributed by atoms with E-state index in [0.29, 0.717) is 31.4 Å². The van der Waals surface area contributed by atoms with E-state index in [4.69, 9.17) is 4.98 Å². The summed E-state index contributed by atoms with van der Waals surface area (Å²) >= 11 is 0. The van der Waals surface area contributed by atoms with Gasteiger partial charge in [0.15, 0.2) is 0 Å². The zero-order valence-electron chi connectivity index (χ0n) is 26.3. The maximum atomic E-state index is 14.2. The van der Waals surface area contributed by atoms with Gasteiger partial charge in [-0.2, -0.15) is 33.2 Å². The number of anilines is 2. The van der Waals surface area contributed by atoms with E-state index in [1.165, 1.54) is 37.4 Å². The second kappa shape index (κ2) is 13.5. The van der Waals surface area contributed by atoms with Crippen LogP contribution in [0.1, 0.15) is 44.2 Å². The number of carbonyl (C=O) groups is 1. The lowest BCUT2D eigenvalue weighted by atomic mass is 10.1. The summed E-state index contributed by atoms with van der Waals surface area (Å²) in [6, 6.07) is 5.97. The summed E-state index contributed by atoms with van der Waals surface area (Å²) in [5, 5.41) is 14.0. The number of carbonyl (C=O) groups excluding carboxylic acids is 1. The molecule has 1 unspecified atom stereocenters. The second-order valence-electron chi connectivity index (χ2n) is 11.7. The van der Waals surface area contributed by atoms with Crippen LogP contribution in [0.3, 0.4) is 0 Å². The maximum absolute atomic E-state index is 14.2. The molecule has 2 aromatic heterocycles. The molecule has 0 bridgehead atoms. The highest BCUT2D eigenvalue weighted by molar-refractivity contribution is 5.90. The molecule has 0 aliphatic carbocycles. The van der Waals surface area contributed by atoms with Gasteiger partial charge >= 0.3 is 6.18 Å². The zero-order valence-corrected chi connectivity index (χ0v) is 26.3. The molecule has 5 rings (SSSR count). The number of piperazine rings is 1. The van der Waals surface area contributed by atoms with Gasteiger partial charge in [0.25, 0.3) is 5.56 Å². The highest BCUT2D eigenvalue weighted by Crippen LogP contribution is 2.36. The largest absolute Gasteiger partial charge is 0.418 e. The van der Waals surface area contributed by atoms with Crippen molar-refractivity contribution < 1.29 is 18.0 Å². The molecule has 1 amide bonds. The predicted molar refractivity (Wildman–Crippen MR) is 169 cm³/mol. The van der Waals surface area contributed by atoms with Crippen molar-refractivity contribution in [3.05, 3.63) is 58.5 Å². The van der Waals surface area contributed by atoms with Gasteiger partial charge in [0.05, 0.1) is 41.4 Å². The molecule has 0 radical (unpaired) electrons. The van der Waals surface area contributed by atoms with Gasteiger partial charge in [-0.15, -0.1) is 0 Å². The Bertz CT molecular complexity index is 1710. The Morgan fingerprint density at radius 1 is 1.13 bits per heavy atom. The summed E-state index contributed by atoms with van der Waals surface area (Å²) in [6.07, 6.45) is -0.0745. The van der Waals surface area contributed by atoms with Crippen LogP contribution < -0.4 is 15.4 Å². The van der Waals surface area contributed by atoms with E-state index in [2.05, 4.69) is 41.5 Å². The van der Waals surface area contributed by atoms with Gasteiger partial charge in [0, 0.05) is 38.8 Å². The first-order valence-corrected chi connectivity index (χ1v) is 15.5. The molecule has 0 N–H and O–H groups in total. The molecule has 11 nitrogen and oxygen atoms in total. The van der Waals surface area contributed by atoms with Crippen LogP contribution in [0.2, 0.25) is 0 Å². The number of alkyl halides is 3. The lowest BCUT2D eigenvalue weighted by molar-refractivity contribution is -0.138. The number of aryl methyl sites for hydroxylation is 1. The van der Waals surface area contributed by atoms with Gasteiger partial charge in [-0.05, 0) is 50.6 Å². The quantitative estimate of drug-likeness (QED) is 0.305. The summed E-state index contributed by atoms with van der Waals surface area (Å²) < 4.78 is 43.2. The van der Waals surface area contributed by atoms with Gasteiger partial charge in [0.1, 0.15) is 11.3 Å². The molecule has 1 aromatic carbocycles. The van der Waals surface area contributed by atoms with Gasteiger partial charge < -0.3 is 14.7 Å². The monoisotopic (exact) mass is 637 g/mol. The summed E-state index contributed by atoms with van der Waals surface area (Å²) in [7, 11) is 0. The van der Waals surface area contributed by atoms with Crippen LogP contribution in [-0.2, 0) is 11.0 Å². The highest BCUT2D eigenvalue weighted by atomic mass is 19.4. The van der Waals surface area contributed by atoms with E-state index in [-0.39, 0.29) is 53.6 Å². The summed E-state index contributed by atoms with van der Waals surface area (Å²) in [4.78, 5) is 43.9. The SMILES string of the molecule is C=CC(=O)N1CCN(c2nc(N3CC(N(CCC)CCC)C3)nc3c(=O)n(-c4cccc(C)c4C(F)(F)F)ncc23)CC1CC#N. The smallest absolute Gasteiger partial charge is 0.352 e. The van der Waals surface area contributed by atoms with Crippen LogP contribution in [-0.4, -0.2) is 93.4 Å². The molecule has 2 fully saturated rings. The van der Waals surface area contributed by atoms with Crippen molar-refractivity contribution in [2.75, 3.05) is 55.6 Å². The first-order valence-electron chi connectivity index (χ1n) is 15.5. The number of rotatable bonds is 10. The van der Waals surface area contributed by atoms with Crippen LogP contribution >= 0.6 is 0 Å². The highest BCUT2D eigenvalue weighted by Gasteiger charge is 2.38. The van der Waals surface area contributed by atoms with E-state index in [9.17, 15) is 28.0 Å². The van der Waals surface area contributed by atoms with Gasteiger partial charge in [-0.3, -0.25) is 14.5 Å². The van der Waals surface area contributed by atoms with Crippen LogP contribution in [0.4, 0.5) is 24.9 Å². The molecule has 46 heavy (non-hydrogen) atoms. The second-order valence-corrected chi connectivity index (χ2v) is 11.7. The number of aromatic nitrogens is 4. The van der Waals surface area contributed by atoms with Crippen molar-refractivity contribution in [2.24, 2.45) is 0 Å². The third kappa shape index (κ3) is 6.28. The standard InChI is InChI=1S/C32H38F3N9O2/c1-5-13-40(14-6-2)23-19-42(20-23)31-38-28-24(29(39-31)41-15-16-43(26(45)7-3)22(18-41)11-12-36)17-37-44(30(28)46)25-10-8-9-21(4)27(25)32(33,34)35/h7-10,17,22-23H,3,5-6,11,13-16,18-20H2,1-2,4H3. The number of nitriles is 1. The number of fused-ring (bicyclic) bond motifs is 1. The Kier molecular flexibility index (Phi) is 9.62. The van der Waals surface area contributed by atoms with Crippen LogP contribution in [0.5, 0.6) is 0 Å². The van der Waals surface area contributed by atoms with Crippen LogP contribution in [0, 0.1) is 18.3 Å². The van der Waals surface area contributed by atoms with Crippen molar-refractivity contribution in [1.82, 2.24) is 29.5 Å². The Balaban J connectivity index is 1.62. The molecule has 14 heteroatoms. The lowest BCUT2D eigenvalue weighted by Gasteiger charge is -2.46. The summed E-state index contributed by atoms with van der Waals surface area (Å²) in [5.74, 6) is 0.392. The lowest BCUT2D eigenvalue weighted by Crippen LogP contribution is -2.60. The molecule has 4 heterocycles. The minimum atomic E-state index is -4.72. The Morgan fingerprint density at radius 3 is 2.48 bits per heavy atom. The number of nitrogens with zero attached hydrogens (tertiary/aromatic N) is 9. The van der Waals surface area contributed by atoms with E-state index < -0.39 is 23.3 Å². The molecule has 2 aliphatic heterocycles.